The molecule has 1 saturated heterocycles. The van der Waals surface area contributed by atoms with Gasteiger partial charge in [0, 0.05) is 25.8 Å². The van der Waals surface area contributed by atoms with E-state index in [-0.39, 0.29) is 0 Å². The molecule has 0 saturated carbocycles. The zero-order valence-electron chi connectivity index (χ0n) is 14.3. The van der Waals surface area contributed by atoms with Gasteiger partial charge in [0.2, 0.25) is 0 Å². The molecule has 1 atom stereocenters. The van der Waals surface area contributed by atoms with Crippen LogP contribution >= 0.6 is 11.6 Å². The molecular formula is C20H23ClN4. The lowest BCUT2D eigenvalue weighted by atomic mass is 9.97. The maximum absolute atomic E-state index is 6.14. The highest BCUT2D eigenvalue weighted by Crippen LogP contribution is 2.23. The summed E-state index contributed by atoms with van der Waals surface area (Å²) in [6, 6.07) is 14.7. The highest BCUT2D eigenvalue weighted by Gasteiger charge is 2.22. The Morgan fingerprint density at radius 2 is 2.00 bits per heavy atom. The predicted molar refractivity (Wildman–Crippen MR) is 102 cm³/mol. The summed E-state index contributed by atoms with van der Waals surface area (Å²) in [4.78, 5) is 11.7. The molecule has 0 N–H and O–H groups in total. The van der Waals surface area contributed by atoms with Gasteiger partial charge in [-0.2, -0.15) is 0 Å². The molecule has 0 amide bonds. The molecule has 1 aliphatic rings. The summed E-state index contributed by atoms with van der Waals surface area (Å²) in [5, 5.41) is 0. The van der Waals surface area contributed by atoms with Gasteiger partial charge in [0.25, 0.3) is 0 Å². The smallest absolute Gasteiger partial charge is 0.160 e. The number of fused-ring (bicyclic) bond motifs is 1. The zero-order chi connectivity index (χ0) is 17.1. The normalized spacial score (nSPS) is 18.7. The number of pyridine rings is 1. The van der Waals surface area contributed by atoms with Crippen molar-refractivity contribution in [3.05, 3.63) is 60.0 Å². The first kappa shape index (κ1) is 16.6. The molecule has 0 aliphatic carbocycles. The van der Waals surface area contributed by atoms with Crippen LogP contribution < -0.4 is 0 Å². The van der Waals surface area contributed by atoms with E-state index in [0.717, 1.165) is 36.6 Å². The molecule has 0 spiro atoms. The number of hydrogen-bond donors (Lipinski definition) is 0. The van der Waals surface area contributed by atoms with Gasteiger partial charge in [-0.05, 0) is 43.0 Å². The van der Waals surface area contributed by atoms with Crippen LogP contribution in [0.25, 0.3) is 11.2 Å². The number of rotatable bonds is 5. The van der Waals surface area contributed by atoms with Crippen LogP contribution in [-0.4, -0.2) is 32.5 Å². The topological polar surface area (TPSA) is 34.0 Å². The maximum Gasteiger partial charge on any atom is 0.160 e. The number of benzene rings is 1. The summed E-state index contributed by atoms with van der Waals surface area (Å²) < 4.78 is 2.22. The lowest BCUT2D eigenvalue weighted by Gasteiger charge is -2.33. The Balaban J connectivity index is 1.49. The Hall–Kier alpha value is -1.91. The molecule has 3 heterocycles. The summed E-state index contributed by atoms with van der Waals surface area (Å²) in [7, 11) is 0. The molecule has 1 fully saturated rings. The van der Waals surface area contributed by atoms with Crippen molar-refractivity contribution in [2.75, 3.05) is 13.1 Å². The molecule has 1 aliphatic heterocycles. The number of alkyl halides is 1. The highest BCUT2D eigenvalue weighted by atomic mass is 35.5. The van der Waals surface area contributed by atoms with Crippen LogP contribution in [0.4, 0.5) is 0 Å². The monoisotopic (exact) mass is 354 g/mol. The van der Waals surface area contributed by atoms with Crippen LogP contribution in [0.1, 0.15) is 24.2 Å². The van der Waals surface area contributed by atoms with E-state index in [1.54, 1.807) is 0 Å². The van der Waals surface area contributed by atoms with Gasteiger partial charge in [-0.1, -0.05) is 30.3 Å². The maximum atomic E-state index is 6.14. The van der Waals surface area contributed by atoms with E-state index in [4.69, 9.17) is 11.6 Å². The summed E-state index contributed by atoms with van der Waals surface area (Å²) in [6.45, 7) is 4.27. The Labute approximate surface area is 153 Å². The van der Waals surface area contributed by atoms with E-state index < -0.39 is 0 Å². The molecule has 3 aromatic rings. The minimum atomic E-state index is 0.427. The zero-order valence-corrected chi connectivity index (χ0v) is 15.1. The van der Waals surface area contributed by atoms with E-state index in [9.17, 15) is 0 Å². The minimum absolute atomic E-state index is 0.427. The number of piperidine rings is 1. The fraction of sp³-hybridized carbons (Fsp3) is 0.400. The summed E-state index contributed by atoms with van der Waals surface area (Å²) in [5.41, 5.74) is 3.28. The molecule has 0 radical (unpaired) electrons. The van der Waals surface area contributed by atoms with Gasteiger partial charge in [0.15, 0.2) is 5.65 Å². The Morgan fingerprint density at radius 3 is 2.84 bits per heavy atom. The molecule has 4 rings (SSSR count). The predicted octanol–water partition coefficient (Wildman–Crippen LogP) is 4.08. The van der Waals surface area contributed by atoms with Gasteiger partial charge in [-0.15, -0.1) is 11.6 Å². The van der Waals surface area contributed by atoms with Gasteiger partial charge in [0.05, 0.1) is 5.88 Å². The van der Waals surface area contributed by atoms with Crippen molar-refractivity contribution in [1.82, 2.24) is 19.4 Å². The lowest BCUT2D eigenvalue weighted by molar-refractivity contribution is 0.156. The van der Waals surface area contributed by atoms with Crippen molar-refractivity contribution in [3.8, 4) is 0 Å². The Bertz CT molecular complexity index is 830. The number of hydrogen-bond acceptors (Lipinski definition) is 3. The average Bonchev–Trinajstić information content (AvgIpc) is 3.01. The van der Waals surface area contributed by atoms with Crippen molar-refractivity contribution >= 4 is 22.8 Å². The number of nitrogens with zero attached hydrogens (tertiary/aromatic N) is 4. The summed E-state index contributed by atoms with van der Waals surface area (Å²) in [5.74, 6) is 1.96. The first-order chi connectivity index (χ1) is 12.3. The Kier molecular flexibility index (Phi) is 4.99. The average molecular weight is 355 g/mol. The lowest BCUT2D eigenvalue weighted by Crippen LogP contribution is -2.36. The molecule has 1 unspecified atom stereocenters. The van der Waals surface area contributed by atoms with Gasteiger partial charge in [-0.25, -0.2) is 9.97 Å². The fourth-order valence-corrected chi connectivity index (χ4v) is 4.05. The van der Waals surface area contributed by atoms with Gasteiger partial charge in [0.1, 0.15) is 11.3 Å². The Morgan fingerprint density at radius 1 is 1.12 bits per heavy atom. The van der Waals surface area contributed by atoms with E-state index in [0.29, 0.717) is 11.8 Å². The first-order valence-electron chi connectivity index (χ1n) is 8.96. The van der Waals surface area contributed by atoms with Crippen LogP contribution in [0.2, 0.25) is 0 Å². The second-order valence-electron chi connectivity index (χ2n) is 6.85. The minimum Gasteiger partial charge on any atom is -0.311 e. The third-order valence-corrected chi connectivity index (χ3v) is 5.23. The highest BCUT2D eigenvalue weighted by molar-refractivity contribution is 6.16. The van der Waals surface area contributed by atoms with Crippen LogP contribution in [-0.2, 0) is 19.0 Å². The van der Waals surface area contributed by atoms with Gasteiger partial charge < -0.3 is 4.57 Å². The number of imidazole rings is 1. The second kappa shape index (κ2) is 7.54. The van der Waals surface area contributed by atoms with Gasteiger partial charge >= 0.3 is 0 Å². The van der Waals surface area contributed by atoms with Crippen molar-refractivity contribution in [2.45, 2.75) is 31.8 Å². The summed E-state index contributed by atoms with van der Waals surface area (Å²) in [6.07, 6.45) is 4.33. The van der Waals surface area contributed by atoms with E-state index in [2.05, 4.69) is 49.8 Å². The molecule has 2 aromatic heterocycles. The van der Waals surface area contributed by atoms with Crippen molar-refractivity contribution < 1.29 is 0 Å². The van der Waals surface area contributed by atoms with Crippen LogP contribution in [0.3, 0.4) is 0 Å². The number of halogens is 1. The molecule has 4 nitrogen and oxygen atoms in total. The largest absolute Gasteiger partial charge is 0.311 e. The van der Waals surface area contributed by atoms with Crippen molar-refractivity contribution in [1.29, 1.82) is 0 Å². The quantitative estimate of drug-likeness (QED) is 0.647. The fourth-order valence-electron chi connectivity index (χ4n) is 3.84. The van der Waals surface area contributed by atoms with Crippen LogP contribution in [0.15, 0.2) is 48.7 Å². The first-order valence-corrected chi connectivity index (χ1v) is 9.49. The molecular weight excluding hydrogens is 332 g/mol. The molecule has 5 heteroatoms. The number of aromatic nitrogens is 3. The van der Waals surface area contributed by atoms with Gasteiger partial charge in [-0.3, -0.25) is 4.90 Å². The third kappa shape index (κ3) is 3.70. The van der Waals surface area contributed by atoms with Crippen molar-refractivity contribution in [2.24, 2.45) is 5.92 Å². The third-order valence-electron chi connectivity index (χ3n) is 5.00. The van der Waals surface area contributed by atoms with E-state index in [1.165, 1.54) is 24.9 Å². The van der Waals surface area contributed by atoms with Crippen LogP contribution in [0.5, 0.6) is 0 Å². The molecule has 0 bridgehead atoms. The van der Waals surface area contributed by atoms with Crippen molar-refractivity contribution in [3.63, 3.8) is 0 Å². The SMILES string of the molecule is ClCc1nc2cccnc2n1CC1CCCN(Cc2ccccc2)C1. The second-order valence-corrected chi connectivity index (χ2v) is 7.11. The van der Waals surface area contributed by atoms with Crippen LogP contribution in [0, 0.1) is 5.92 Å². The standard InChI is InChI=1S/C20H23ClN4/c21-12-19-23-18-9-4-10-22-20(18)25(19)15-17-8-5-11-24(14-17)13-16-6-2-1-3-7-16/h1-4,6-7,9-10,17H,5,8,11-15H2. The van der Waals surface area contributed by atoms with E-state index in [1.807, 2.05) is 18.3 Å². The molecule has 130 valence electrons. The molecule has 25 heavy (non-hydrogen) atoms. The summed E-state index contributed by atoms with van der Waals surface area (Å²) >= 11 is 6.14. The van der Waals surface area contributed by atoms with E-state index >= 15 is 0 Å². The number of likely N-dealkylation sites (tertiary alicyclic amines) is 1. The molecule has 1 aromatic carbocycles.